The van der Waals surface area contributed by atoms with Gasteiger partial charge in [-0.3, -0.25) is 25.2 Å². The van der Waals surface area contributed by atoms with Crippen molar-refractivity contribution in [3.8, 4) is 0 Å². The number of hydrazine groups is 1. The molecule has 1 aliphatic rings. The van der Waals surface area contributed by atoms with E-state index in [4.69, 9.17) is 0 Å². The van der Waals surface area contributed by atoms with Crippen LogP contribution in [0.2, 0.25) is 0 Å². The second-order valence-electron chi connectivity index (χ2n) is 6.69. The maximum absolute atomic E-state index is 12.2. The molecular formula is C20H22N4O3. The lowest BCUT2D eigenvalue weighted by Crippen LogP contribution is -2.41. The Bertz CT molecular complexity index is 858. The standard InChI is InChI=1S/C20H22N4O3/c1-24(2)17-5-3-4-15(12-17)20(27)23-22-19(26)14-8-10-16(11-9-14)21-18(25)13-6-7-13/h3-5,8-13H,6-7H2,1-2H3,(H,21,25)(H,22,26)(H,23,27). The molecule has 0 aromatic heterocycles. The molecule has 3 N–H and O–H groups in total. The van der Waals surface area contributed by atoms with Gasteiger partial charge >= 0.3 is 0 Å². The predicted octanol–water partition coefficient (Wildman–Crippen LogP) is 2.18. The number of anilines is 2. The molecule has 0 saturated heterocycles. The van der Waals surface area contributed by atoms with Crippen LogP contribution in [-0.4, -0.2) is 31.8 Å². The van der Waals surface area contributed by atoms with Crippen LogP contribution in [0.5, 0.6) is 0 Å². The van der Waals surface area contributed by atoms with E-state index in [1.807, 2.05) is 25.1 Å². The van der Waals surface area contributed by atoms with Crippen molar-refractivity contribution in [2.45, 2.75) is 12.8 Å². The molecule has 0 atom stereocenters. The van der Waals surface area contributed by atoms with Crippen LogP contribution in [0.3, 0.4) is 0 Å². The summed E-state index contributed by atoms with van der Waals surface area (Å²) in [5.41, 5.74) is 7.16. The van der Waals surface area contributed by atoms with Gasteiger partial charge in [0.15, 0.2) is 0 Å². The molecule has 140 valence electrons. The predicted molar refractivity (Wildman–Crippen MR) is 103 cm³/mol. The molecule has 7 heteroatoms. The number of amides is 3. The molecular weight excluding hydrogens is 344 g/mol. The lowest BCUT2D eigenvalue weighted by molar-refractivity contribution is -0.117. The summed E-state index contributed by atoms with van der Waals surface area (Å²) < 4.78 is 0. The Morgan fingerprint density at radius 3 is 2.11 bits per heavy atom. The number of hydrogen-bond acceptors (Lipinski definition) is 4. The van der Waals surface area contributed by atoms with Gasteiger partial charge in [-0.05, 0) is 55.3 Å². The van der Waals surface area contributed by atoms with Crippen LogP contribution < -0.4 is 21.1 Å². The fraction of sp³-hybridized carbons (Fsp3) is 0.250. The maximum atomic E-state index is 12.2. The number of nitrogens with one attached hydrogen (secondary N) is 3. The highest BCUT2D eigenvalue weighted by molar-refractivity contribution is 6.00. The number of carbonyl (C=O) groups is 3. The molecule has 0 radical (unpaired) electrons. The zero-order chi connectivity index (χ0) is 19.4. The summed E-state index contributed by atoms with van der Waals surface area (Å²) in [4.78, 5) is 38.0. The van der Waals surface area contributed by atoms with Crippen LogP contribution >= 0.6 is 0 Å². The first-order valence-corrected chi connectivity index (χ1v) is 8.73. The Morgan fingerprint density at radius 1 is 0.889 bits per heavy atom. The molecule has 0 spiro atoms. The minimum Gasteiger partial charge on any atom is -0.378 e. The van der Waals surface area contributed by atoms with E-state index in [9.17, 15) is 14.4 Å². The van der Waals surface area contributed by atoms with Crippen molar-refractivity contribution in [1.82, 2.24) is 10.9 Å². The van der Waals surface area contributed by atoms with E-state index in [1.54, 1.807) is 42.5 Å². The number of nitrogens with zero attached hydrogens (tertiary/aromatic N) is 1. The van der Waals surface area contributed by atoms with Crippen molar-refractivity contribution >= 4 is 29.1 Å². The third-order valence-electron chi connectivity index (χ3n) is 4.28. The van der Waals surface area contributed by atoms with Gasteiger partial charge < -0.3 is 10.2 Å². The highest BCUT2D eigenvalue weighted by atomic mass is 16.2. The second-order valence-corrected chi connectivity index (χ2v) is 6.69. The lowest BCUT2D eigenvalue weighted by Gasteiger charge is -2.13. The third kappa shape index (κ3) is 4.84. The number of benzene rings is 2. The van der Waals surface area contributed by atoms with E-state index in [-0.39, 0.29) is 11.8 Å². The van der Waals surface area contributed by atoms with Gasteiger partial charge in [-0.15, -0.1) is 0 Å². The van der Waals surface area contributed by atoms with E-state index >= 15 is 0 Å². The Balaban J connectivity index is 1.54. The smallest absolute Gasteiger partial charge is 0.269 e. The van der Waals surface area contributed by atoms with Gasteiger partial charge in [0.05, 0.1) is 0 Å². The molecule has 1 saturated carbocycles. The van der Waals surface area contributed by atoms with Gasteiger partial charge in [0, 0.05) is 42.5 Å². The van der Waals surface area contributed by atoms with Crippen LogP contribution in [-0.2, 0) is 4.79 Å². The third-order valence-corrected chi connectivity index (χ3v) is 4.28. The van der Waals surface area contributed by atoms with Crippen LogP contribution in [0.25, 0.3) is 0 Å². The van der Waals surface area contributed by atoms with Gasteiger partial charge in [0.2, 0.25) is 5.91 Å². The molecule has 1 aliphatic carbocycles. The van der Waals surface area contributed by atoms with Gasteiger partial charge in [-0.25, -0.2) is 0 Å². The molecule has 3 rings (SSSR count). The quantitative estimate of drug-likeness (QED) is 0.708. The largest absolute Gasteiger partial charge is 0.378 e. The number of carbonyl (C=O) groups excluding carboxylic acids is 3. The van der Waals surface area contributed by atoms with E-state index in [1.165, 1.54) is 0 Å². The normalized spacial score (nSPS) is 12.8. The van der Waals surface area contributed by atoms with E-state index in [0.29, 0.717) is 16.8 Å². The van der Waals surface area contributed by atoms with Crippen molar-refractivity contribution in [3.63, 3.8) is 0 Å². The van der Waals surface area contributed by atoms with Crippen molar-refractivity contribution < 1.29 is 14.4 Å². The first kappa shape index (κ1) is 18.4. The zero-order valence-corrected chi connectivity index (χ0v) is 15.3. The summed E-state index contributed by atoms with van der Waals surface area (Å²) in [5, 5.41) is 2.81. The van der Waals surface area contributed by atoms with Crippen molar-refractivity contribution in [3.05, 3.63) is 59.7 Å². The molecule has 3 amide bonds. The van der Waals surface area contributed by atoms with E-state index in [0.717, 1.165) is 18.5 Å². The minimum absolute atomic E-state index is 0.0134. The average molecular weight is 366 g/mol. The fourth-order valence-corrected chi connectivity index (χ4v) is 2.48. The molecule has 2 aromatic rings. The van der Waals surface area contributed by atoms with Crippen molar-refractivity contribution in [2.24, 2.45) is 5.92 Å². The highest BCUT2D eigenvalue weighted by Gasteiger charge is 2.29. The molecule has 0 aliphatic heterocycles. The second kappa shape index (κ2) is 7.90. The lowest BCUT2D eigenvalue weighted by atomic mass is 10.2. The summed E-state index contributed by atoms with van der Waals surface area (Å²) in [6, 6.07) is 13.6. The van der Waals surface area contributed by atoms with Crippen LogP contribution in [0.15, 0.2) is 48.5 Å². The first-order valence-electron chi connectivity index (χ1n) is 8.73. The topological polar surface area (TPSA) is 90.5 Å². The van der Waals surface area contributed by atoms with Gasteiger partial charge in [0.1, 0.15) is 0 Å². The average Bonchev–Trinajstić information content (AvgIpc) is 3.52. The Labute approximate surface area is 157 Å². The van der Waals surface area contributed by atoms with Crippen LogP contribution in [0.1, 0.15) is 33.6 Å². The zero-order valence-electron chi connectivity index (χ0n) is 15.3. The maximum Gasteiger partial charge on any atom is 0.269 e. The summed E-state index contributed by atoms with van der Waals surface area (Å²) in [5.74, 6) is -0.707. The monoisotopic (exact) mass is 366 g/mol. The van der Waals surface area contributed by atoms with Gasteiger partial charge in [-0.1, -0.05) is 6.07 Å². The summed E-state index contributed by atoms with van der Waals surface area (Å²) in [7, 11) is 3.77. The van der Waals surface area contributed by atoms with E-state index in [2.05, 4.69) is 16.2 Å². The molecule has 1 fully saturated rings. The van der Waals surface area contributed by atoms with Crippen LogP contribution in [0, 0.1) is 5.92 Å². The van der Waals surface area contributed by atoms with Crippen molar-refractivity contribution in [1.29, 1.82) is 0 Å². The minimum atomic E-state index is -0.438. The number of rotatable bonds is 5. The summed E-state index contributed by atoms with van der Waals surface area (Å²) >= 11 is 0. The van der Waals surface area contributed by atoms with Crippen LogP contribution in [0.4, 0.5) is 11.4 Å². The fourth-order valence-electron chi connectivity index (χ4n) is 2.48. The Hall–Kier alpha value is -3.35. The highest BCUT2D eigenvalue weighted by Crippen LogP contribution is 2.30. The van der Waals surface area contributed by atoms with Crippen molar-refractivity contribution in [2.75, 3.05) is 24.3 Å². The molecule has 0 bridgehead atoms. The van der Waals surface area contributed by atoms with Gasteiger partial charge in [-0.2, -0.15) is 0 Å². The molecule has 0 heterocycles. The number of hydrogen-bond donors (Lipinski definition) is 3. The molecule has 0 unspecified atom stereocenters. The molecule has 7 nitrogen and oxygen atoms in total. The summed E-state index contributed by atoms with van der Waals surface area (Å²) in [6.45, 7) is 0. The molecule has 2 aromatic carbocycles. The Kier molecular flexibility index (Phi) is 5.40. The Morgan fingerprint density at radius 2 is 1.52 bits per heavy atom. The summed E-state index contributed by atoms with van der Waals surface area (Å²) in [6.07, 6.45) is 1.87. The first-order chi connectivity index (χ1) is 12.9. The van der Waals surface area contributed by atoms with Gasteiger partial charge in [0.25, 0.3) is 11.8 Å². The van der Waals surface area contributed by atoms with E-state index < -0.39 is 11.8 Å². The molecule has 27 heavy (non-hydrogen) atoms. The SMILES string of the molecule is CN(C)c1cccc(C(=O)NNC(=O)c2ccc(NC(=O)C3CC3)cc2)c1.